The third-order valence-electron chi connectivity index (χ3n) is 2.65. The zero-order valence-electron chi connectivity index (χ0n) is 9.34. The maximum atomic E-state index is 11.1. The van der Waals surface area contributed by atoms with E-state index >= 15 is 0 Å². The summed E-state index contributed by atoms with van der Waals surface area (Å²) in [7, 11) is 0. The van der Waals surface area contributed by atoms with Crippen LogP contribution in [0.3, 0.4) is 0 Å². The molecule has 3 heteroatoms. The summed E-state index contributed by atoms with van der Waals surface area (Å²) in [5.41, 5.74) is 3.45. The summed E-state index contributed by atoms with van der Waals surface area (Å²) in [5.74, 6) is 4.76. The van der Waals surface area contributed by atoms with Crippen molar-refractivity contribution >= 4 is 5.91 Å². The lowest BCUT2D eigenvalue weighted by Gasteiger charge is -2.03. The van der Waals surface area contributed by atoms with Crippen LogP contribution in [-0.2, 0) is 24.2 Å². The Morgan fingerprint density at radius 1 is 1.50 bits per heavy atom. The smallest absolute Gasteiger partial charge is 0.296 e. The van der Waals surface area contributed by atoms with Crippen molar-refractivity contribution in [2.75, 3.05) is 0 Å². The van der Waals surface area contributed by atoms with E-state index in [-0.39, 0.29) is 5.91 Å². The Hall–Kier alpha value is -1.82. The molecule has 1 aliphatic rings. The second-order valence-electron chi connectivity index (χ2n) is 3.82. The van der Waals surface area contributed by atoms with Crippen LogP contribution < -0.4 is 5.32 Å². The minimum absolute atomic E-state index is 0.246. The zero-order valence-corrected chi connectivity index (χ0v) is 9.34. The molecule has 0 aromatic carbocycles. The summed E-state index contributed by atoms with van der Waals surface area (Å²) < 4.78 is 0. The lowest BCUT2D eigenvalue weighted by atomic mass is 10.2. The summed E-state index contributed by atoms with van der Waals surface area (Å²) >= 11 is 0. The molecule has 0 atom stereocenters. The predicted octanol–water partition coefficient (Wildman–Crippen LogP) is 1.21. The Morgan fingerprint density at radius 3 is 3.19 bits per heavy atom. The van der Waals surface area contributed by atoms with Crippen molar-refractivity contribution < 1.29 is 4.79 Å². The van der Waals surface area contributed by atoms with Crippen molar-refractivity contribution in [1.29, 1.82) is 0 Å². The molecule has 0 radical (unpaired) electrons. The minimum atomic E-state index is -0.246. The molecule has 1 aliphatic carbocycles. The number of rotatable bonds is 2. The Labute approximate surface area is 95.3 Å². The lowest BCUT2D eigenvalue weighted by molar-refractivity contribution is -0.115. The van der Waals surface area contributed by atoms with Crippen LogP contribution in [0.1, 0.15) is 30.3 Å². The molecule has 1 N–H and O–H groups in total. The first-order chi connectivity index (χ1) is 7.79. The predicted molar refractivity (Wildman–Crippen MR) is 61.6 cm³/mol. The van der Waals surface area contributed by atoms with Gasteiger partial charge in [-0.25, -0.2) is 0 Å². The van der Waals surface area contributed by atoms with E-state index in [1.54, 1.807) is 6.92 Å². The SMILES string of the molecule is CC#CC(=O)NCc1ccc2c(n1)CCC2. The average molecular weight is 214 g/mol. The highest BCUT2D eigenvalue weighted by Crippen LogP contribution is 2.19. The Balaban J connectivity index is 1.99. The fraction of sp³-hybridized carbons (Fsp3) is 0.385. The van der Waals surface area contributed by atoms with Crippen molar-refractivity contribution in [3.63, 3.8) is 0 Å². The molecular formula is C13H14N2O. The second-order valence-corrected chi connectivity index (χ2v) is 3.82. The number of fused-ring (bicyclic) bond motifs is 1. The molecule has 0 saturated heterocycles. The third kappa shape index (κ3) is 2.40. The van der Waals surface area contributed by atoms with Crippen LogP contribution in [0.25, 0.3) is 0 Å². The van der Waals surface area contributed by atoms with E-state index in [0.717, 1.165) is 18.5 Å². The number of nitrogens with one attached hydrogen (secondary N) is 1. The van der Waals surface area contributed by atoms with E-state index in [1.165, 1.54) is 17.7 Å². The largest absolute Gasteiger partial charge is 0.340 e. The van der Waals surface area contributed by atoms with Gasteiger partial charge in [0.05, 0.1) is 12.2 Å². The van der Waals surface area contributed by atoms with Gasteiger partial charge in [0, 0.05) is 5.69 Å². The lowest BCUT2D eigenvalue weighted by Crippen LogP contribution is -2.21. The van der Waals surface area contributed by atoms with Crippen LogP contribution in [0.4, 0.5) is 0 Å². The van der Waals surface area contributed by atoms with E-state index in [2.05, 4.69) is 28.2 Å². The van der Waals surface area contributed by atoms with Crippen molar-refractivity contribution in [1.82, 2.24) is 10.3 Å². The molecule has 0 saturated carbocycles. The quantitative estimate of drug-likeness (QED) is 0.752. The van der Waals surface area contributed by atoms with Gasteiger partial charge in [-0.2, -0.15) is 0 Å². The van der Waals surface area contributed by atoms with Crippen molar-refractivity contribution in [2.24, 2.45) is 0 Å². The topological polar surface area (TPSA) is 42.0 Å². The number of aryl methyl sites for hydroxylation is 2. The van der Waals surface area contributed by atoms with Crippen LogP contribution >= 0.6 is 0 Å². The van der Waals surface area contributed by atoms with E-state index in [0.29, 0.717) is 6.54 Å². The molecule has 1 aromatic heterocycles. The summed E-state index contributed by atoms with van der Waals surface area (Å²) in [4.78, 5) is 15.7. The number of amides is 1. The number of aromatic nitrogens is 1. The van der Waals surface area contributed by atoms with Gasteiger partial charge in [0.15, 0.2) is 0 Å². The van der Waals surface area contributed by atoms with Gasteiger partial charge < -0.3 is 5.32 Å². The first kappa shape index (κ1) is 10.7. The number of hydrogen-bond acceptors (Lipinski definition) is 2. The molecule has 0 unspecified atom stereocenters. The Kier molecular flexibility index (Phi) is 3.21. The molecule has 0 spiro atoms. The van der Waals surface area contributed by atoms with Crippen LogP contribution in [0.5, 0.6) is 0 Å². The molecule has 82 valence electrons. The zero-order chi connectivity index (χ0) is 11.4. The normalized spacial score (nSPS) is 12.6. The number of pyridine rings is 1. The average Bonchev–Trinajstić information content (AvgIpc) is 2.74. The number of hydrogen-bond donors (Lipinski definition) is 1. The summed E-state index contributed by atoms with van der Waals surface area (Å²) in [5, 5.41) is 2.72. The van der Waals surface area contributed by atoms with Gasteiger partial charge in [0.25, 0.3) is 5.91 Å². The number of carbonyl (C=O) groups is 1. The molecule has 1 aromatic rings. The Morgan fingerprint density at radius 2 is 2.38 bits per heavy atom. The van der Waals surface area contributed by atoms with Crippen molar-refractivity contribution in [3.8, 4) is 11.8 Å². The molecular weight excluding hydrogens is 200 g/mol. The molecule has 16 heavy (non-hydrogen) atoms. The fourth-order valence-corrected chi connectivity index (χ4v) is 1.89. The second kappa shape index (κ2) is 4.80. The highest BCUT2D eigenvalue weighted by molar-refractivity contribution is 5.93. The van der Waals surface area contributed by atoms with E-state index in [9.17, 15) is 4.79 Å². The van der Waals surface area contributed by atoms with Gasteiger partial charge in [-0.3, -0.25) is 9.78 Å². The van der Waals surface area contributed by atoms with Gasteiger partial charge in [-0.15, -0.1) is 0 Å². The maximum absolute atomic E-state index is 11.1. The van der Waals surface area contributed by atoms with Gasteiger partial charge >= 0.3 is 0 Å². The molecule has 0 bridgehead atoms. The highest BCUT2D eigenvalue weighted by Gasteiger charge is 2.12. The third-order valence-corrected chi connectivity index (χ3v) is 2.65. The summed E-state index contributed by atoms with van der Waals surface area (Å²) in [6, 6.07) is 4.09. The van der Waals surface area contributed by atoms with Crippen LogP contribution in [0.15, 0.2) is 12.1 Å². The minimum Gasteiger partial charge on any atom is -0.340 e. The van der Waals surface area contributed by atoms with Crippen LogP contribution in [0, 0.1) is 11.8 Å². The highest BCUT2D eigenvalue weighted by atomic mass is 16.1. The first-order valence-electron chi connectivity index (χ1n) is 5.48. The number of nitrogens with zero attached hydrogens (tertiary/aromatic N) is 1. The van der Waals surface area contributed by atoms with Crippen molar-refractivity contribution in [3.05, 3.63) is 29.1 Å². The molecule has 0 fully saturated rings. The number of carbonyl (C=O) groups excluding carboxylic acids is 1. The van der Waals surface area contributed by atoms with Crippen LogP contribution in [0.2, 0.25) is 0 Å². The Bertz CT molecular complexity index is 469. The molecule has 3 nitrogen and oxygen atoms in total. The molecule has 0 aliphatic heterocycles. The van der Waals surface area contributed by atoms with Crippen LogP contribution in [-0.4, -0.2) is 10.9 Å². The van der Waals surface area contributed by atoms with Gasteiger partial charge in [0.2, 0.25) is 0 Å². The van der Waals surface area contributed by atoms with E-state index in [1.807, 2.05) is 6.07 Å². The molecule has 2 rings (SSSR count). The van der Waals surface area contributed by atoms with Crippen molar-refractivity contribution in [2.45, 2.75) is 32.7 Å². The first-order valence-corrected chi connectivity index (χ1v) is 5.48. The van der Waals surface area contributed by atoms with Gasteiger partial charge in [-0.1, -0.05) is 12.0 Å². The van der Waals surface area contributed by atoms with Gasteiger partial charge in [0.1, 0.15) is 0 Å². The summed E-state index contributed by atoms with van der Waals surface area (Å²) in [6.07, 6.45) is 3.39. The monoisotopic (exact) mass is 214 g/mol. The van der Waals surface area contributed by atoms with E-state index in [4.69, 9.17) is 0 Å². The molecule has 1 heterocycles. The van der Waals surface area contributed by atoms with E-state index < -0.39 is 0 Å². The molecule has 1 amide bonds. The fourth-order valence-electron chi connectivity index (χ4n) is 1.89. The maximum Gasteiger partial charge on any atom is 0.296 e. The summed E-state index contributed by atoms with van der Waals surface area (Å²) in [6.45, 7) is 2.11. The van der Waals surface area contributed by atoms with Gasteiger partial charge in [-0.05, 0) is 43.7 Å². The standard InChI is InChI=1S/C13H14N2O/c1-2-4-13(16)14-9-11-8-7-10-5-3-6-12(10)15-11/h7-8H,3,5-6,9H2,1H3,(H,14,16).